The highest BCUT2D eigenvalue weighted by atomic mass is 16.1. The van der Waals surface area contributed by atoms with E-state index in [2.05, 4.69) is 19.1 Å². The minimum absolute atomic E-state index is 0.463. The molecule has 0 atom stereocenters. The smallest absolute Gasteiger partial charge is 0.132 e. The van der Waals surface area contributed by atoms with Crippen LogP contribution >= 0.6 is 0 Å². The van der Waals surface area contributed by atoms with E-state index in [1.165, 1.54) is 44.9 Å². The molecule has 0 unspecified atom stereocenters. The molecule has 0 fully saturated rings. The summed E-state index contributed by atoms with van der Waals surface area (Å²) in [5, 5.41) is 0. The van der Waals surface area contributed by atoms with Crippen molar-refractivity contribution < 1.29 is 4.79 Å². The molecule has 0 aromatic rings. The third-order valence-electron chi connectivity index (χ3n) is 3.37. The lowest BCUT2D eigenvalue weighted by Gasteiger charge is -2.01. The molecule has 0 aromatic carbocycles. The van der Waals surface area contributed by atoms with Crippen molar-refractivity contribution in [2.75, 3.05) is 0 Å². The van der Waals surface area contributed by atoms with Crippen molar-refractivity contribution >= 4 is 5.78 Å². The van der Waals surface area contributed by atoms with E-state index in [1.807, 2.05) is 6.92 Å². The van der Waals surface area contributed by atoms with Crippen LogP contribution < -0.4 is 0 Å². The summed E-state index contributed by atoms with van der Waals surface area (Å²) in [6, 6.07) is 0. The van der Waals surface area contributed by atoms with Crippen LogP contribution in [0.3, 0.4) is 0 Å². The van der Waals surface area contributed by atoms with Crippen molar-refractivity contribution in [3.8, 4) is 0 Å². The van der Waals surface area contributed by atoms with E-state index in [1.54, 1.807) is 0 Å². The molecule has 1 heteroatoms. The molecule has 0 rings (SSSR count). The third-order valence-corrected chi connectivity index (χ3v) is 3.37. The Bertz CT molecular complexity index is 206. The number of rotatable bonds is 13. The highest BCUT2D eigenvalue weighted by Gasteiger charge is 2.00. The van der Waals surface area contributed by atoms with Crippen LogP contribution in [0.5, 0.6) is 0 Å². The van der Waals surface area contributed by atoms with Crippen LogP contribution in [0.4, 0.5) is 0 Å². The van der Waals surface area contributed by atoms with E-state index < -0.39 is 0 Å². The fourth-order valence-electron chi connectivity index (χ4n) is 2.16. The average Bonchev–Trinajstić information content (AvgIpc) is 2.38. The average molecular weight is 252 g/mol. The van der Waals surface area contributed by atoms with E-state index in [0.29, 0.717) is 5.78 Å². The van der Waals surface area contributed by atoms with Gasteiger partial charge >= 0.3 is 0 Å². The van der Waals surface area contributed by atoms with Gasteiger partial charge in [0.1, 0.15) is 5.78 Å². The van der Waals surface area contributed by atoms with Gasteiger partial charge in [-0.15, -0.1) is 0 Å². The van der Waals surface area contributed by atoms with E-state index in [9.17, 15) is 4.79 Å². The molecule has 1 nitrogen and oxygen atoms in total. The number of unbranched alkanes of at least 4 members (excludes halogenated alkanes) is 8. The SMILES string of the molecule is CC=CCCCC(=O)CCCCCCCCCC. The third kappa shape index (κ3) is 13.5. The minimum Gasteiger partial charge on any atom is -0.300 e. The number of carbonyl (C=O) groups excluding carboxylic acids is 1. The van der Waals surface area contributed by atoms with E-state index in [-0.39, 0.29) is 0 Å². The molecular formula is C17H32O. The molecule has 0 aromatic heterocycles. The Morgan fingerprint density at radius 1 is 0.833 bits per heavy atom. The van der Waals surface area contributed by atoms with Gasteiger partial charge in [-0.2, -0.15) is 0 Å². The predicted octanol–water partition coefficient (Wildman–Crippen LogP) is 5.83. The van der Waals surface area contributed by atoms with Crippen LogP contribution in [-0.2, 0) is 4.79 Å². The second-order valence-corrected chi connectivity index (χ2v) is 5.22. The number of ketones is 1. The van der Waals surface area contributed by atoms with Crippen LogP contribution in [0.25, 0.3) is 0 Å². The van der Waals surface area contributed by atoms with Gasteiger partial charge in [-0.25, -0.2) is 0 Å². The highest BCUT2D eigenvalue weighted by molar-refractivity contribution is 5.78. The first kappa shape index (κ1) is 17.4. The van der Waals surface area contributed by atoms with Crippen LogP contribution in [0.15, 0.2) is 12.2 Å². The molecule has 0 bridgehead atoms. The maximum atomic E-state index is 11.6. The van der Waals surface area contributed by atoms with Gasteiger partial charge in [0, 0.05) is 12.8 Å². The Labute approximate surface area is 114 Å². The van der Waals surface area contributed by atoms with Gasteiger partial charge in [0.25, 0.3) is 0 Å². The normalized spacial score (nSPS) is 11.2. The Morgan fingerprint density at radius 2 is 1.39 bits per heavy atom. The molecule has 0 radical (unpaired) electrons. The summed E-state index contributed by atoms with van der Waals surface area (Å²) in [5.74, 6) is 0.463. The maximum Gasteiger partial charge on any atom is 0.132 e. The molecule has 0 aliphatic rings. The molecule has 0 aliphatic heterocycles. The van der Waals surface area contributed by atoms with E-state index >= 15 is 0 Å². The fourth-order valence-corrected chi connectivity index (χ4v) is 2.16. The minimum atomic E-state index is 0.463. The number of hydrogen-bond donors (Lipinski definition) is 0. The quantitative estimate of drug-likeness (QED) is 0.297. The summed E-state index contributed by atoms with van der Waals surface area (Å²) < 4.78 is 0. The second-order valence-electron chi connectivity index (χ2n) is 5.22. The molecular weight excluding hydrogens is 220 g/mol. The Kier molecular flexibility index (Phi) is 14.0. The molecule has 0 saturated heterocycles. The van der Waals surface area contributed by atoms with E-state index in [0.717, 1.165) is 32.1 Å². The molecule has 0 saturated carbocycles. The van der Waals surface area contributed by atoms with Crippen LogP contribution in [0.2, 0.25) is 0 Å². The molecule has 0 spiro atoms. The van der Waals surface area contributed by atoms with Crippen molar-refractivity contribution in [3.05, 3.63) is 12.2 Å². The Balaban J connectivity index is 3.15. The Hall–Kier alpha value is -0.590. The summed E-state index contributed by atoms with van der Waals surface area (Å²) in [7, 11) is 0. The first-order valence-electron chi connectivity index (χ1n) is 7.94. The number of allylic oxidation sites excluding steroid dienone is 2. The van der Waals surface area contributed by atoms with Crippen molar-refractivity contribution in [1.29, 1.82) is 0 Å². The lowest BCUT2D eigenvalue weighted by molar-refractivity contribution is -0.119. The summed E-state index contributed by atoms with van der Waals surface area (Å²) in [6.45, 7) is 4.28. The fraction of sp³-hybridized carbons (Fsp3) is 0.824. The summed E-state index contributed by atoms with van der Waals surface area (Å²) >= 11 is 0. The molecule has 0 N–H and O–H groups in total. The zero-order chi connectivity index (χ0) is 13.5. The summed E-state index contributed by atoms with van der Waals surface area (Å²) in [4.78, 5) is 11.6. The summed E-state index contributed by atoms with van der Waals surface area (Å²) in [6.07, 6.45) is 18.4. The zero-order valence-corrected chi connectivity index (χ0v) is 12.5. The zero-order valence-electron chi connectivity index (χ0n) is 12.5. The van der Waals surface area contributed by atoms with Gasteiger partial charge < -0.3 is 0 Å². The van der Waals surface area contributed by atoms with Gasteiger partial charge in [0.15, 0.2) is 0 Å². The second kappa shape index (κ2) is 14.5. The van der Waals surface area contributed by atoms with Crippen LogP contribution in [0, 0.1) is 0 Å². The summed E-state index contributed by atoms with van der Waals surface area (Å²) in [5.41, 5.74) is 0. The van der Waals surface area contributed by atoms with Crippen LogP contribution in [-0.4, -0.2) is 5.78 Å². The monoisotopic (exact) mass is 252 g/mol. The molecule has 18 heavy (non-hydrogen) atoms. The van der Waals surface area contributed by atoms with Gasteiger partial charge in [-0.1, -0.05) is 64.0 Å². The highest BCUT2D eigenvalue weighted by Crippen LogP contribution is 2.11. The number of hydrogen-bond acceptors (Lipinski definition) is 1. The van der Waals surface area contributed by atoms with Gasteiger partial charge in [-0.3, -0.25) is 4.79 Å². The van der Waals surface area contributed by atoms with Crippen molar-refractivity contribution in [2.45, 2.75) is 90.9 Å². The van der Waals surface area contributed by atoms with Gasteiger partial charge in [0.05, 0.1) is 0 Å². The number of Topliss-reactive ketones (excluding diaryl/α,β-unsaturated/α-hetero) is 1. The molecule has 0 amide bonds. The Morgan fingerprint density at radius 3 is 2.00 bits per heavy atom. The van der Waals surface area contributed by atoms with Crippen molar-refractivity contribution in [3.63, 3.8) is 0 Å². The van der Waals surface area contributed by atoms with Gasteiger partial charge in [-0.05, 0) is 26.2 Å². The largest absolute Gasteiger partial charge is 0.300 e. The standard InChI is InChI=1S/C17H32O/c1-3-5-7-9-10-11-12-14-16-17(18)15-13-8-6-4-2/h4,6H,3,5,7-16H2,1-2H3. The van der Waals surface area contributed by atoms with E-state index in [4.69, 9.17) is 0 Å². The maximum absolute atomic E-state index is 11.6. The lowest BCUT2D eigenvalue weighted by atomic mass is 10.0. The molecule has 106 valence electrons. The van der Waals surface area contributed by atoms with Crippen molar-refractivity contribution in [1.82, 2.24) is 0 Å². The molecule has 0 aliphatic carbocycles. The lowest BCUT2D eigenvalue weighted by Crippen LogP contribution is -1.97. The van der Waals surface area contributed by atoms with Gasteiger partial charge in [0.2, 0.25) is 0 Å². The first-order valence-corrected chi connectivity index (χ1v) is 7.94. The predicted molar refractivity (Wildman–Crippen MR) is 80.9 cm³/mol. The topological polar surface area (TPSA) is 17.1 Å². The molecule has 0 heterocycles. The van der Waals surface area contributed by atoms with Crippen molar-refractivity contribution in [2.24, 2.45) is 0 Å². The van der Waals surface area contributed by atoms with Crippen LogP contribution in [0.1, 0.15) is 90.9 Å². The first-order chi connectivity index (χ1) is 8.81. The number of carbonyl (C=O) groups is 1.